The van der Waals surface area contributed by atoms with Crippen molar-refractivity contribution in [3.05, 3.63) is 85.8 Å². The summed E-state index contributed by atoms with van der Waals surface area (Å²) in [5, 5.41) is 9.99. The predicted molar refractivity (Wildman–Crippen MR) is 192 cm³/mol. The molecule has 6 heteroatoms. The van der Waals surface area contributed by atoms with E-state index >= 15 is 0 Å². The number of nitrogens with zero attached hydrogens (tertiary/aromatic N) is 2. The van der Waals surface area contributed by atoms with Crippen LogP contribution < -0.4 is 21.7 Å². The van der Waals surface area contributed by atoms with Gasteiger partial charge in [0.15, 0.2) is 0 Å². The average molecular weight is 583 g/mol. The summed E-state index contributed by atoms with van der Waals surface area (Å²) in [5.74, 6) is 0. The Morgan fingerprint density at radius 1 is 0.929 bits per heavy atom. The first-order chi connectivity index (χ1) is 20.5. The van der Waals surface area contributed by atoms with Crippen LogP contribution in [0, 0.1) is 0 Å². The number of nitrogens with two attached hydrogens (primary N) is 1. The van der Waals surface area contributed by atoms with Crippen molar-refractivity contribution in [2.75, 3.05) is 58.7 Å². The fourth-order valence-corrected chi connectivity index (χ4v) is 3.73. The van der Waals surface area contributed by atoms with Crippen molar-refractivity contribution in [3.63, 3.8) is 0 Å². The number of piperazine rings is 1. The fraction of sp³-hybridized carbons (Fsp3) is 0.556. The number of rotatable bonds is 10. The summed E-state index contributed by atoms with van der Waals surface area (Å²) in [7, 11) is 4.35. The number of likely N-dealkylation sites (N-methyl/N-ethyl adjacent to an activating group) is 2. The summed E-state index contributed by atoms with van der Waals surface area (Å²) >= 11 is 0. The Morgan fingerprint density at radius 2 is 1.48 bits per heavy atom. The molecule has 2 aliphatic carbocycles. The fourth-order valence-electron chi connectivity index (χ4n) is 3.73. The third-order valence-corrected chi connectivity index (χ3v) is 6.48. The molecule has 0 aromatic heterocycles. The van der Waals surface area contributed by atoms with Gasteiger partial charge in [0.2, 0.25) is 0 Å². The van der Waals surface area contributed by atoms with Crippen LogP contribution >= 0.6 is 0 Å². The smallest absolute Gasteiger partial charge is 0.0380 e. The Hall–Kier alpha value is -2.80. The van der Waals surface area contributed by atoms with Crippen LogP contribution in [0.15, 0.2) is 80.2 Å². The van der Waals surface area contributed by atoms with Crippen molar-refractivity contribution >= 4 is 11.4 Å². The van der Waals surface area contributed by atoms with Crippen molar-refractivity contribution in [3.8, 4) is 0 Å². The van der Waals surface area contributed by atoms with E-state index in [0.29, 0.717) is 0 Å². The Balaban J connectivity index is 0. The van der Waals surface area contributed by atoms with Gasteiger partial charge in [0.05, 0.1) is 0 Å². The van der Waals surface area contributed by atoms with E-state index in [-0.39, 0.29) is 0 Å². The standard InChI is InChI=1S/C17H26N4.C7H10.C6H14N2.2C2H6.C2H4/c1-14(19-11-2-3-12-20-17-8-9-17)15-4-6-16(7-5-15)21-13-10-18;1-7-5-3-2-4-6-7;1-7-3-5-8(2)6-4-7;3*1-2/h4-7,10,13,17,19-21H,1-3,8-9,11-12,18H2;2-3,5H,4,6H2,1H3;3-6H2,1-2H3;2*1-2H3;1-2H2/b13-10-;;;;;. The molecule has 0 unspecified atom stereocenters. The first-order valence-electron chi connectivity index (χ1n) is 16.1. The maximum Gasteiger partial charge on any atom is 0.0380 e. The lowest BCUT2D eigenvalue weighted by Gasteiger charge is -2.28. The van der Waals surface area contributed by atoms with Gasteiger partial charge in [0.1, 0.15) is 0 Å². The number of allylic oxidation sites excluding steroid dienone is 4. The highest BCUT2D eigenvalue weighted by Gasteiger charge is 2.19. The van der Waals surface area contributed by atoms with Crippen molar-refractivity contribution < 1.29 is 0 Å². The molecule has 5 N–H and O–H groups in total. The molecule has 1 aliphatic heterocycles. The molecule has 1 heterocycles. The second-order valence-electron chi connectivity index (χ2n) is 10.0. The number of hydrogen-bond acceptors (Lipinski definition) is 6. The molecule has 42 heavy (non-hydrogen) atoms. The molecular weight excluding hydrogens is 516 g/mol. The van der Waals surface area contributed by atoms with E-state index < -0.39 is 0 Å². The molecule has 240 valence electrons. The molecule has 1 aromatic rings. The zero-order valence-electron chi connectivity index (χ0n) is 28.4. The number of unbranched alkanes of at least 4 members (excludes halogenated alkanes) is 1. The molecule has 0 spiro atoms. The molecule has 2 fully saturated rings. The van der Waals surface area contributed by atoms with Crippen molar-refractivity contribution in [2.45, 2.75) is 79.2 Å². The number of anilines is 1. The maximum atomic E-state index is 5.29. The van der Waals surface area contributed by atoms with Crippen LogP contribution in [0.5, 0.6) is 0 Å². The van der Waals surface area contributed by atoms with Crippen LogP contribution in [0.25, 0.3) is 5.70 Å². The molecule has 1 saturated heterocycles. The van der Waals surface area contributed by atoms with Crippen molar-refractivity contribution in [2.24, 2.45) is 5.73 Å². The minimum Gasteiger partial charge on any atom is -0.403 e. The lowest BCUT2D eigenvalue weighted by atomic mass is 10.1. The van der Waals surface area contributed by atoms with Gasteiger partial charge in [0, 0.05) is 62.5 Å². The quantitative estimate of drug-likeness (QED) is 0.168. The monoisotopic (exact) mass is 583 g/mol. The van der Waals surface area contributed by atoms with Crippen LogP contribution in [0.1, 0.15) is 78.7 Å². The van der Waals surface area contributed by atoms with E-state index in [1.165, 1.54) is 76.5 Å². The average Bonchev–Trinajstić information content (AvgIpc) is 3.88. The number of benzene rings is 1. The molecule has 0 atom stereocenters. The van der Waals surface area contributed by atoms with Crippen LogP contribution in [0.3, 0.4) is 0 Å². The molecule has 0 bridgehead atoms. The second-order valence-corrected chi connectivity index (χ2v) is 10.0. The normalized spacial score (nSPS) is 15.7. The highest BCUT2D eigenvalue weighted by Crippen LogP contribution is 2.18. The van der Waals surface area contributed by atoms with E-state index in [9.17, 15) is 0 Å². The lowest BCUT2D eigenvalue weighted by molar-refractivity contribution is 0.181. The summed E-state index contributed by atoms with van der Waals surface area (Å²) in [6.07, 6.45) is 17.3. The van der Waals surface area contributed by atoms with E-state index in [4.69, 9.17) is 5.73 Å². The van der Waals surface area contributed by atoms with Crippen LogP contribution in [-0.4, -0.2) is 69.2 Å². The molecule has 1 aromatic carbocycles. The Morgan fingerprint density at radius 3 is 1.90 bits per heavy atom. The SMILES string of the molecule is C=C.C=C(NCCCCNC1CC1)c1ccc(N/C=C\N)cc1.CC.CC.CC1=CC=CCC1.CN1CCN(C)CC1. The lowest BCUT2D eigenvalue weighted by Crippen LogP contribution is -2.42. The molecule has 1 saturated carbocycles. The van der Waals surface area contributed by atoms with Crippen LogP contribution in [-0.2, 0) is 0 Å². The molecule has 3 aliphatic rings. The van der Waals surface area contributed by atoms with Gasteiger partial charge in [-0.3, -0.25) is 0 Å². The third-order valence-electron chi connectivity index (χ3n) is 6.48. The van der Waals surface area contributed by atoms with Gasteiger partial charge < -0.3 is 31.5 Å². The van der Waals surface area contributed by atoms with Crippen LogP contribution in [0.4, 0.5) is 5.69 Å². The summed E-state index contributed by atoms with van der Waals surface area (Å²) in [5.41, 5.74) is 9.90. The van der Waals surface area contributed by atoms with Crippen LogP contribution in [0.2, 0.25) is 0 Å². The van der Waals surface area contributed by atoms with E-state index in [1.807, 2.05) is 39.8 Å². The summed E-state index contributed by atoms with van der Waals surface area (Å²) in [6, 6.07) is 8.95. The Kier molecular flexibility index (Phi) is 29.2. The minimum atomic E-state index is 0.814. The van der Waals surface area contributed by atoms with Gasteiger partial charge in [-0.05, 0) is 83.8 Å². The van der Waals surface area contributed by atoms with Gasteiger partial charge in [0.25, 0.3) is 0 Å². The topological polar surface area (TPSA) is 68.6 Å². The summed E-state index contributed by atoms with van der Waals surface area (Å²) in [6.45, 7) is 27.3. The van der Waals surface area contributed by atoms with Gasteiger partial charge >= 0.3 is 0 Å². The van der Waals surface area contributed by atoms with E-state index in [2.05, 4.69) is 96.9 Å². The Labute approximate surface area is 260 Å². The number of nitrogens with one attached hydrogen (secondary N) is 3. The second kappa shape index (κ2) is 29.7. The first-order valence-corrected chi connectivity index (χ1v) is 16.1. The van der Waals surface area contributed by atoms with E-state index in [0.717, 1.165) is 36.1 Å². The largest absolute Gasteiger partial charge is 0.403 e. The highest BCUT2D eigenvalue weighted by atomic mass is 15.2. The van der Waals surface area contributed by atoms with E-state index in [1.54, 1.807) is 6.20 Å². The van der Waals surface area contributed by atoms with Gasteiger partial charge in [-0.25, -0.2) is 0 Å². The first kappa shape index (κ1) is 41.3. The van der Waals surface area contributed by atoms with Gasteiger partial charge in [-0.15, -0.1) is 13.2 Å². The molecular formula is C36H66N6. The molecule has 0 amide bonds. The zero-order valence-corrected chi connectivity index (χ0v) is 28.4. The molecule has 6 nitrogen and oxygen atoms in total. The summed E-state index contributed by atoms with van der Waals surface area (Å²) < 4.78 is 0. The Bertz CT molecular complexity index is 821. The zero-order chi connectivity index (χ0) is 32.0. The molecule has 4 rings (SSSR count). The van der Waals surface area contributed by atoms with Crippen molar-refractivity contribution in [1.29, 1.82) is 0 Å². The molecule has 0 radical (unpaired) electrons. The third kappa shape index (κ3) is 23.9. The minimum absolute atomic E-state index is 0.814. The van der Waals surface area contributed by atoms with Crippen molar-refractivity contribution in [1.82, 2.24) is 20.4 Å². The predicted octanol–water partition coefficient (Wildman–Crippen LogP) is 7.62. The summed E-state index contributed by atoms with van der Waals surface area (Å²) in [4.78, 5) is 4.72. The number of hydrogen-bond donors (Lipinski definition) is 4. The highest BCUT2D eigenvalue weighted by molar-refractivity contribution is 5.64. The van der Waals surface area contributed by atoms with Gasteiger partial charge in [-0.1, -0.05) is 70.2 Å². The maximum absolute atomic E-state index is 5.29. The van der Waals surface area contributed by atoms with Gasteiger partial charge in [-0.2, -0.15) is 0 Å².